The molecule has 8 heteroatoms. The van der Waals surface area contributed by atoms with Gasteiger partial charge in [-0.15, -0.1) is 18.3 Å². The van der Waals surface area contributed by atoms with Crippen LogP contribution < -0.4 is 9.47 Å². The number of thioether (sulfide) groups is 1. The summed E-state index contributed by atoms with van der Waals surface area (Å²) >= 11 is 2.02. The van der Waals surface area contributed by atoms with Crippen LogP contribution in [0.3, 0.4) is 0 Å². The van der Waals surface area contributed by atoms with Crippen LogP contribution in [0, 0.1) is 17.8 Å². The summed E-state index contributed by atoms with van der Waals surface area (Å²) in [5, 5.41) is 27.6. The van der Waals surface area contributed by atoms with Crippen molar-refractivity contribution < 1.29 is 29.3 Å². The molecule has 4 aromatic rings. The Morgan fingerprint density at radius 3 is 2.37 bits per heavy atom. The molecule has 0 bridgehead atoms. The van der Waals surface area contributed by atoms with E-state index in [0.29, 0.717) is 24.9 Å². The van der Waals surface area contributed by atoms with Gasteiger partial charge in [0.1, 0.15) is 23.9 Å². The third-order valence-corrected chi connectivity index (χ3v) is 14.2. The molecule has 7 nitrogen and oxygen atoms in total. The SMILES string of the molecule is C=CCO[C@@]12Oc3ccc(Oc4ccc5ccccc5c4)cc3[C@H]3[C@H](CCCCO)[C@@H](CCCCO)C=C(C(=NOCc4ccccc4)C[C@@H]1SC1CCCC1)[C@H]32. The minimum absolute atomic E-state index is 0.0165. The van der Waals surface area contributed by atoms with Gasteiger partial charge in [0.25, 0.3) is 0 Å². The maximum atomic E-state index is 9.97. The molecule has 1 aliphatic heterocycles. The third kappa shape index (κ3) is 8.70. The fourth-order valence-electron chi connectivity index (χ4n) is 9.89. The van der Waals surface area contributed by atoms with E-state index in [-0.39, 0.29) is 42.1 Å². The summed E-state index contributed by atoms with van der Waals surface area (Å²) in [6.45, 7) is 5.19. The average molecular weight is 788 g/mol. The molecule has 0 spiro atoms. The molecule has 1 heterocycles. The van der Waals surface area contributed by atoms with E-state index in [4.69, 9.17) is 24.2 Å². The van der Waals surface area contributed by atoms with Crippen molar-refractivity contribution >= 4 is 28.2 Å². The summed E-state index contributed by atoms with van der Waals surface area (Å²) in [6, 6.07) is 31.1. The Hall–Kier alpha value is -4.08. The van der Waals surface area contributed by atoms with Crippen LogP contribution in [0.15, 0.2) is 120 Å². The van der Waals surface area contributed by atoms with Crippen molar-refractivity contribution in [3.8, 4) is 17.2 Å². The second-order valence-corrected chi connectivity index (χ2v) is 17.7. The first-order chi connectivity index (χ1) is 28.1. The lowest BCUT2D eigenvalue weighted by molar-refractivity contribution is -0.223. The van der Waals surface area contributed by atoms with Gasteiger partial charge in [0, 0.05) is 36.4 Å². The van der Waals surface area contributed by atoms with E-state index in [2.05, 4.69) is 73.3 Å². The van der Waals surface area contributed by atoms with E-state index < -0.39 is 5.79 Å². The minimum atomic E-state index is -0.963. The maximum Gasteiger partial charge on any atom is 0.230 e. The highest BCUT2D eigenvalue weighted by Crippen LogP contribution is 2.63. The maximum absolute atomic E-state index is 9.97. The highest BCUT2D eigenvalue weighted by atomic mass is 32.2. The Balaban J connectivity index is 1.26. The Labute approximate surface area is 342 Å². The molecule has 3 aliphatic carbocycles. The number of unbranched alkanes of at least 4 members (excludes halogenated alkanes) is 2. The predicted octanol–water partition coefficient (Wildman–Crippen LogP) is 11.1. The summed E-state index contributed by atoms with van der Waals surface area (Å²) in [5.41, 5.74) is 4.33. The number of hydrogen-bond donors (Lipinski definition) is 2. The highest BCUT2D eigenvalue weighted by Gasteiger charge is 2.64. The Morgan fingerprint density at radius 2 is 1.58 bits per heavy atom. The van der Waals surface area contributed by atoms with Crippen LogP contribution in [-0.4, -0.2) is 52.0 Å². The van der Waals surface area contributed by atoms with Crippen molar-refractivity contribution in [2.24, 2.45) is 22.9 Å². The fraction of sp³-hybridized carbons (Fsp3) is 0.449. The first-order valence-corrected chi connectivity index (χ1v) is 22.1. The predicted molar refractivity (Wildman–Crippen MR) is 230 cm³/mol. The van der Waals surface area contributed by atoms with Crippen molar-refractivity contribution in [2.45, 2.75) is 99.4 Å². The minimum Gasteiger partial charge on any atom is -0.460 e. The van der Waals surface area contributed by atoms with Crippen LogP contribution in [0.1, 0.15) is 87.7 Å². The van der Waals surface area contributed by atoms with Crippen LogP contribution in [0.2, 0.25) is 0 Å². The van der Waals surface area contributed by atoms with Gasteiger partial charge in [-0.25, -0.2) is 0 Å². The Bertz CT molecular complexity index is 2030. The second kappa shape index (κ2) is 18.7. The average Bonchev–Trinajstić information content (AvgIpc) is 3.76. The van der Waals surface area contributed by atoms with Gasteiger partial charge in [-0.3, -0.25) is 0 Å². The molecule has 0 amide bonds. The van der Waals surface area contributed by atoms with E-state index >= 15 is 0 Å². The number of aliphatic hydroxyl groups excluding tert-OH is 2. The largest absolute Gasteiger partial charge is 0.460 e. The van der Waals surface area contributed by atoms with Gasteiger partial charge in [0.2, 0.25) is 5.79 Å². The van der Waals surface area contributed by atoms with Crippen LogP contribution in [0.4, 0.5) is 0 Å². The molecule has 4 aromatic carbocycles. The van der Waals surface area contributed by atoms with Crippen molar-refractivity contribution in [1.82, 2.24) is 0 Å². The van der Waals surface area contributed by atoms with Gasteiger partial charge < -0.3 is 29.3 Å². The number of oxime groups is 1. The molecule has 0 aromatic heterocycles. The second-order valence-electron chi connectivity index (χ2n) is 16.2. The van der Waals surface area contributed by atoms with E-state index in [0.717, 1.165) is 83.6 Å². The van der Waals surface area contributed by atoms with E-state index in [1.165, 1.54) is 31.1 Å². The summed E-state index contributed by atoms with van der Waals surface area (Å²) in [5.74, 6) is 1.73. The monoisotopic (exact) mass is 787 g/mol. The molecule has 0 unspecified atom stereocenters. The topological polar surface area (TPSA) is 89.7 Å². The van der Waals surface area contributed by atoms with Crippen LogP contribution in [0.5, 0.6) is 17.2 Å². The Morgan fingerprint density at radius 1 is 0.842 bits per heavy atom. The smallest absolute Gasteiger partial charge is 0.230 e. The van der Waals surface area contributed by atoms with Crippen molar-refractivity contribution in [3.05, 3.63) is 126 Å². The molecule has 8 rings (SSSR count). The van der Waals surface area contributed by atoms with Crippen LogP contribution in [0.25, 0.3) is 10.8 Å². The summed E-state index contributed by atoms with van der Waals surface area (Å²) in [6.07, 6.45) is 15.1. The van der Waals surface area contributed by atoms with Crippen LogP contribution >= 0.6 is 11.8 Å². The third-order valence-electron chi connectivity index (χ3n) is 12.5. The normalized spacial score (nSPS) is 26.0. The summed E-state index contributed by atoms with van der Waals surface area (Å²) < 4.78 is 21.2. The number of nitrogens with zero attached hydrogens (tertiary/aromatic N) is 1. The van der Waals surface area contributed by atoms with Gasteiger partial charge in [-0.1, -0.05) is 104 Å². The lowest BCUT2D eigenvalue weighted by Crippen LogP contribution is -2.64. The van der Waals surface area contributed by atoms with E-state index in [1.807, 2.05) is 48.2 Å². The van der Waals surface area contributed by atoms with Crippen molar-refractivity contribution in [1.29, 1.82) is 0 Å². The molecule has 2 fully saturated rings. The number of rotatable bonds is 18. The van der Waals surface area contributed by atoms with Crippen LogP contribution in [-0.2, 0) is 16.2 Å². The summed E-state index contributed by atoms with van der Waals surface area (Å²) in [4.78, 5) is 6.25. The molecule has 2 N–H and O–H groups in total. The lowest BCUT2D eigenvalue weighted by atomic mass is 9.56. The molecule has 4 aliphatic rings. The van der Waals surface area contributed by atoms with Crippen molar-refractivity contribution in [2.75, 3.05) is 19.8 Å². The molecule has 0 saturated heterocycles. The zero-order valence-electron chi connectivity index (χ0n) is 33.0. The number of allylic oxidation sites excluding steroid dienone is 1. The highest BCUT2D eigenvalue weighted by molar-refractivity contribution is 8.00. The fourth-order valence-corrected chi connectivity index (χ4v) is 11.7. The zero-order valence-corrected chi connectivity index (χ0v) is 33.8. The number of fused-ring (bicyclic) bond motifs is 3. The van der Waals surface area contributed by atoms with Gasteiger partial charge >= 0.3 is 0 Å². The standard InChI is InChI=1S/C49H57NO6S/c1-2-28-53-49-46(57-40-19-8-9-20-40)32-44(50-54-33-34-14-4-3-5-15-34)42-30-37(18-10-12-26-51)41(21-11-13-27-52)47(48(42)49)43-31-39(24-25-45(43)56-49)55-38-23-22-35-16-6-7-17-36(35)29-38/h2-7,14-17,22-25,29-31,37,40-41,46-48,51-52H,1,8-13,18-21,26-28,32-33H2/t37-,41+,46-,47+,48+,49+/m0/s1. The zero-order chi connectivity index (χ0) is 39.0. The van der Waals surface area contributed by atoms with Gasteiger partial charge in [0.05, 0.1) is 23.5 Å². The first-order valence-electron chi connectivity index (χ1n) is 21.2. The van der Waals surface area contributed by atoms with E-state index in [1.54, 1.807) is 0 Å². The Kier molecular flexibility index (Phi) is 13.0. The van der Waals surface area contributed by atoms with Gasteiger partial charge in [-0.05, 0) is 103 Å². The number of ether oxygens (including phenoxy) is 3. The van der Waals surface area contributed by atoms with E-state index in [9.17, 15) is 10.2 Å². The molecule has 300 valence electrons. The first kappa shape index (κ1) is 39.7. The van der Waals surface area contributed by atoms with Crippen molar-refractivity contribution in [3.63, 3.8) is 0 Å². The number of hydrogen-bond acceptors (Lipinski definition) is 8. The van der Waals surface area contributed by atoms with Gasteiger partial charge in [0.15, 0.2) is 0 Å². The summed E-state index contributed by atoms with van der Waals surface area (Å²) in [7, 11) is 0. The molecular weight excluding hydrogens is 731 g/mol. The quantitative estimate of drug-likeness (QED) is 0.0589. The molecule has 0 radical (unpaired) electrons. The molecule has 2 saturated carbocycles. The number of benzene rings is 4. The molecule has 6 atom stereocenters. The number of aliphatic hydroxyl groups is 2. The molecular formula is C49H57NO6S. The van der Waals surface area contributed by atoms with Gasteiger partial charge in [-0.2, -0.15) is 0 Å². The lowest BCUT2D eigenvalue weighted by Gasteiger charge is -2.58. The molecule has 57 heavy (non-hydrogen) atoms.